The van der Waals surface area contributed by atoms with E-state index in [1.807, 2.05) is 12.1 Å². The van der Waals surface area contributed by atoms with E-state index in [1.54, 1.807) is 6.07 Å². The highest BCUT2D eigenvalue weighted by Crippen LogP contribution is 2.31. The molecule has 1 saturated carbocycles. The second kappa shape index (κ2) is 7.81. The smallest absolute Gasteiger partial charge is 0.252 e. The highest BCUT2D eigenvalue weighted by Gasteiger charge is 2.24. The summed E-state index contributed by atoms with van der Waals surface area (Å²) in [5.74, 6) is 1.15. The van der Waals surface area contributed by atoms with E-state index in [1.165, 1.54) is 25.7 Å². The average Bonchev–Trinajstić information content (AvgIpc) is 2.48. The molecule has 110 valence electrons. The van der Waals surface area contributed by atoms with Crippen LogP contribution in [0.15, 0.2) is 22.7 Å². The zero-order valence-electron chi connectivity index (χ0n) is 11.2. The third-order valence-corrected chi connectivity index (χ3v) is 6.11. The molecule has 2 rings (SSSR count). The Balaban J connectivity index is 1.96. The number of benzene rings is 1. The van der Waals surface area contributed by atoms with Gasteiger partial charge in [-0.1, -0.05) is 46.4 Å². The van der Waals surface area contributed by atoms with Crippen LogP contribution < -0.4 is 5.32 Å². The summed E-state index contributed by atoms with van der Waals surface area (Å²) < 4.78 is 0.753. The van der Waals surface area contributed by atoms with E-state index in [2.05, 4.69) is 37.2 Å². The molecule has 1 aliphatic rings. The molecule has 2 atom stereocenters. The molecule has 1 N–H and O–H groups in total. The van der Waals surface area contributed by atoms with Gasteiger partial charge >= 0.3 is 0 Å². The molecule has 0 bridgehead atoms. The molecule has 0 saturated heterocycles. The number of amides is 1. The molecule has 0 aromatic heterocycles. The Bertz CT molecular complexity index is 481. The first-order valence-corrected chi connectivity index (χ1v) is 9.21. The second-order valence-electron chi connectivity index (χ2n) is 5.27. The van der Waals surface area contributed by atoms with Crippen LogP contribution in [0.25, 0.3) is 0 Å². The maximum Gasteiger partial charge on any atom is 0.252 e. The lowest BCUT2D eigenvalue weighted by Crippen LogP contribution is -2.35. The second-order valence-corrected chi connectivity index (χ2v) is 7.15. The van der Waals surface area contributed by atoms with Crippen LogP contribution in [0.2, 0.25) is 5.02 Å². The van der Waals surface area contributed by atoms with Gasteiger partial charge in [0.25, 0.3) is 5.91 Å². The van der Waals surface area contributed by atoms with Crippen LogP contribution in [0.1, 0.15) is 36.0 Å². The van der Waals surface area contributed by atoms with Gasteiger partial charge in [-0.05, 0) is 52.7 Å². The van der Waals surface area contributed by atoms with Gasteiger partial charge in [-0.25, -0.2) is 0 Å². The molecule has 0 radical (unpaired) electrons. The molecule has 1 amide bonds. The molecular weight excluding hydrogens is 405 g/mol. The summed E-state index contributed by atoms with van der Waals surface area (Å²) in [6.07, 6.45) is 5.02. The number of hydrogen-bond acceptors (Lipinski definition) is 1. The minimum Gasteiger partial charge on any atom is -0.352 e. The Morgan fingerprint density at radius 3 is 2.70 bits per heavy atom. The van der Waals surface area contributed by atoms with Crippen molar-refractivity contribution in [3.8, 4) is 0 Å². The van der Waals surface area contributed by atoms with Crippen LogP contribution in [0.3, 0.4) is 0 Å². The van der Waals surface area contributed by atoms with E-state index < -0.39 is 0 Å². The summed E-state index contributed by atoms with van der Waals surface area (Å²) in [5.41, 5.74) is 0.534. The fourth-order valence-electron chi connectivity index (χ4n) is 2.75. The third kappa shape index (κ3) is 3.99. The van der Waals surface area contributed by atoms with Gasteiger partial charge in [-0.15, -0.1) is 0 Å². The molecule has 1 aromatic rings. The Labute approximate surface area is 141 Å². The standard InChI is InChI=1S/C15H18Br2ClNO/c16-8-10-4-1-2-5-11(10)9-19-15(20)12-6-3-7-13(17)14(12)18/h3,6-7,10-11H,1-2,4-5,8-9H2,(H,19,20). The highest BCUT2D eigenvalue weighted by atomic mass is 79.9. The Morgan fingerprint density at radius 2 is 2.00 bits per heavy atom. The van der Waals surface area contributed by atoms with Gasteiger partial charge in [-0.2, -0.15) is 0 Å². The Hall–Kier alpha value is -0.0600. The predicted molar refractivity (Wildman–Crippen MR) is 90.7 cm³/mol. The maximum atomic E-state index is 12.2. The van der Waals surface area contributed by atoms with Crippen molar-refractivity contribution in [1.82, 2.24) is 5.32 Å². The van der Waals surface area contributed by atoms with Gasteiger partial charge in [-0.3, -0.25) is 4.79 Å². The van der Waals surface area contributed by atoms with Crippen molar-refractivity contribution in [2.45, 2.75) is 25.7 Å². The number of halogens is 3. The molecule has 1 aromatic carbocycles. The molecular formula is C15H18Br2ClNO. The van der Waals surface area contributed by atoms with Crippen molar-refractivity contribution in [3.05, 3.63) is 33.3 Å². The van der Waals surface area contributed by atoms with Crippen LogP contribution in [0.4, 0.5) is 0 Å². The number of nitrogens with one attached hydrogen (secondary N) is 1. The first kappa shape index (κ1) is 16.3. The largest absolute Gasteiger partial charge is 0.352 e. The minimum atomic E-state index is -0.0878. The van der Waals surface area contributed by atoms with Crippen molar-refractivity contribution in [2.24, 2.45) is 11.8 Å². The number of rotatable bonds is 4. The van der Waals surface area contributed by atoms with E-state index in [0.29, 0.717) is 22.4 Å². The van der Waals surface area contributed by atoms with Gasteiger partial charge in [0.2, 0.25) is 0 Å². The van der Waals surface area contributed by atoms with Crippen molar-refractivity contribution in [2.75, 3.05) is 11.9 Å². The van der Waals surface area contributed by atoms with E-state index >= 15 is 0 Å². The fraction of sp³-hybridized carbons (Fsp3) is 0.533. The van der Waals surface area contributed by atoms with E-state index in [-0.39, 0.29) is 5.91 Å². The zero-order valence-corrected chi connectivity index (χ0v) is 15.1. The Morgan fingerprint density at radius 1 is 1.30 bits per heavy atom. The van der Waals surface area contributed by atoms with Crippen molar-refractivity contribution >= 4 is 49.4 Å². The molecule has 2 nitrogen and oxygen atoms in total. The van der Waals surface area contributed by atoms with Gasteiger partial charge in [0, 0.05) is 16.3 Å². The molecule has 0 aliphatic heterocycles. The van der Waals surface area contributed by atoms with Crippen molar-refractivity contribution in [3.63, 3.8) is 0 Å². The quantitative estimate of drug-likeness (QED) is 0.676. The van der Waals surface area contributed by atoms with Crippen LogP contribution in [-0.4, -0.2) is 17.8 Å². The third-order valence-electron chi connectivity index (χ3n) is 3.99. The first-order valence-electron chi connectivity index (χ1n) is 6.91. The van der Waals surface area contributed by atoms with E-state index in [4.69, 9.17) is 11.6 Å². The number of alkyl halides is 1. The van der Waals surface area contributed by atoms with Crippen molar-refractivity contribution < 1.29 is 4.79 Å². The number of hydrogen-bond donors (Lipinski definition) is 1. The fourth-order valence-corrected chi connectivity index (χ4v) is 4.18. The van der Waals surface area contributed by atoms with Crippen LogP contribution in [-0.2, 0) is 0 Å². The van der Waals surface area contributed by atoms with Crippen molar-refractivity contribution in [1.29, 1.82) is 0 Å². The van der Waals surface area contributed by atoms with Gasteiger partial charge in [0.15, 0.2) is 0 Å². The first-order chi connectivity index (χ1) is 9.63. The van der Waals surface area contributed by atoms with Gasteiger partial charge < -0.3 is 5.32 Å². The molecule has 1 aliphatic carbocycles. The summed E-state index contributed by atoms with van der Waals surface area (Å²) in [6, 6.07) is 5.42. The van der Waals surface area contributed by atoms with E-state index in [9.17, 15) is 4.79 Å². The van der Waals surface area contributed by atoms with Gasteiger partial charge in [0.05, 0.1) is 10.6 Å². The maximum absolute atomic E-state index is 12.2. The molecule has 0 spiro atoms. The summed E-state index contributed by atoms with van der Waals surface area (Å²) in [6.45, 7) is 0.734. The molecule has 2 unspecified atom stereocenters. The Kier molecular flexibility index (Phi) is 6.37. The molecule has 5 heteroatoms. The lowest BCUT2D eigenvalue weighted by molar-refractivity contribution is 0.0937. The van der Waals surface area contributed by atoms with Gasteiger partial charge in [0.1, 0.15) is 0 Å². The normalized spacial score (nSPS) is 22.6. The molecule has 0 heterocycles. The summed E-state index contributed by atoms with van der Waals surface area (Å²) in [7, 11) is 0. The number of carbonyl (C=O) groups excluding carboxylic acids is 1. The minimum absolute atomic E-state index is 0.0878. The highest BCUT2D eigenvalue weighted by molar-refractivity contribution is 9.10. The lowest BCUT2D eigenvalue weighted by atomic mass is 9.80. The van der Waals surface area contributed by atoms with Crippen LogP contribution in [0.5, 0.6) is 0 Å². The monoisotopic (exact) mass is 421 g/mol. The average molecular weight is 424 g/mol. The SMILES string of the molecule is O=C(NCC1CCCCC1CBr)c1cccc(Br)c1Cl. The summed E-state index contributed by atoms with van der Waals surface area (Å²) >= 11 is 13.1. The number of carbonyl (C=O) groups is 1. The summed E-state index contributed by atoms with van der Waals surface area (Å²) in [5, 5.41) is 4.53. The molecule has 20 heavy (non-hydrogen) atoms. The predicted octanol–water partition coefficient (Wildman–Crippen LogP) is 5.03. The summed E-state index contributed by atoms with van der Waals surface area (Å²) in [4.78, 5) is 12.2. The van der Waals surface area contributed by atoms with Crippen LogP contribution >= 0.6 is 43.5 Å². The topological polar surface area (TPSA) is 29.1 Å². The van der Waals surface area contributed by atoms with Crippen LogP contribution in [0, 0.1) is 11.8 Å². The lowest BCUT2D eigenvalue weighted by Gasteiger charge is -2.30. The zero-order chi connectivity index (χ0) is 14.5. The van der Waals surface area contributed by atoms with E-state index in [0.717, 1.165) is 16.3 Å². The molecule has 1 fully saturated rings.